The van der Waals surface area contributed by atoms with E-state index in [4.69, 9.17) is 5.73 Å². The molecular formula is C7H8N4. The highest BCUT2D eigenvalue weighted by Gasteiger charge is 2.08. The molecule has 0 fully saturated rings. The summed E-state index contributed by atoms with van der Waals surface area (Å²) < 4.78 is 1.77. The van der Waals surface area contributed by atoms with Gasteiger partial charge in [0.25, 0.3) is 0 Å². The van der Waals surface area contributed by atoms with Crippen LogP contribution in [-0.4, -0.2) is 14.5 Å². The Morgan fingerprint density at radius 2 is 2.27 bits per heavy atom. The second-order valence-electron chi connectivity index (χ2n) is 2.42. The van der Waals surface area contributed by atoms with Crippen LogP contribution in [0.2, 0.25) is 0 Å². The smallest absolute Gasteiger partial charge is 0.164 e. The lowest BCUT2D eigenvalue weighted by Crippen LogP contribution is -2.04. The van der Waals surface area contributed by atoms with E-state index in [2.05, 4.69) is 9.97 Å². The molecule has 2 N–H and O–H groups in total. The van der Waals surface area contributed by atoms with E-state index in [1.807, 2.05) is 13.1 Å². The van der Waals surface area contributed by atoms with Gasteiger partial charge in [0.05, 0.1) is 11.9 Å². The average Bonchev–Trinajstić information content (AvgIpc) is 2.45. The van der Waals surface area contributed by atoms with E-state index in [-0.39, 0.29) is 0 Å². The molecule has 2 aliphatic rings. The Morgan fingerprint density at radius 1 is 1.45 bits per heavy atom. The lowest BCUT2D eigenvalue weighted by Gasteiger charge is -2.06. The highest BCUT2D eigenvalue weighted by molar-refractivity contribution is 5.69. The van der Waals surface area contributed by atoms with Crippen LogP contribution >= 0.6 is 0 Å². The number of nitrogen functional groups attached to an aromatic ring is 1. The number of fused-ring (bicyclic) bond motifs is 1. The second kappa shape index (κ2) is 1.95. The van der Waals surface area contributed by atoms with Crippen LogP contribution in [0.3, 0.4) is 0 Å². The summed E-state index contributed by atoms with van der Waals surface area (Å²) in [5, 5.41) is 0. The monoisotopic (exact) mass is 148 g/mol. The van der Waals surface area contributed by atoms with E-state index in [1.54, 1.807) is 17.1 Å². The molecule has 0 radical (unpaired) electrons. The molecule has 0 aromatic carbocycles. The van der Waals surface area contributed by atoms with Crippen LogP contribution in [0.15, 0.2) is 18.6 Å². The van der Waals surface area contributed by atoms with E-state index in [9.17, 15) is 0 Å². The summed E-state index contributed by atoms with van der Waals surface area (Å²) in [6.07, 6.45) is 3.36. The first-order valence-electron chi connectivity index (χ1n) is 3.30. The molecule has 4 nitrogen and oxygen atoms in total. The van der Waals surface area contributed by atoms with Crippen molar-refractivity contribution in [3.05, 3.63) is 18.6 Å². The Balaban J connectivity index is 2.81. The molecule has 0 saturated carbocycles. The minimum Gasteiger partial charge on any atom is -0.384 e. The fourth-order valence-corrected chi connectivity index (χ4v) is 1.02. The van der Waals surface area contributed by atoms with E-state index >= 15 is 0 Å². The SMILES string of the molecule is Cn1cnc2nccc-2c1N. The fourth-order valence-electron chi connectivity index (χ4n) is 1.02. The minimum atomic E-state index is 0.701. The summed E-state index contributed by atoms with van der Waals surface area (Å²) >= 11 is 0. The van der Waals surface area contributed by atoms with Crippen LogP contribution in [-0.2, 0) is 7.05 Å². The van der Waals surface area contributed by atoms with Crippen molar-refractivity contribution in [3.8, 4) is 11.4 Å². The highest BCUT2D eigenvalue weighted by Crippen LogP contribution is 2.22. The van der Waals surface area contributed by atoms with Gasteiger partial charge in [-0.25, -0.2) is 9.97 Å². The lowest BCUT2D eigenvalue weighted by molar-refractivity contribution is 0.876. The van der Waals surface area contributed by atoms with Crippen molar-refractivity contribution >= 4 is 5.82 Å². The first-order chi connectivity index (χ1) is 5.29. The number of aromatic nitrogens is 3. The topological polar surface area (TPSA) is 56.7 Å². The van der Waals surface area contributed by atoms with Crippen LogP contribution in [0.1, 0.15) is 0 Å². The number of hydrogen-bond donors (Lipinski definition) is 1. The zero-order valence-corrected chi connectivity index (χ0v) is 6.15. The van der Waals surface area contributed by atoms with Gasteiger partial charge in [0, 0.05) is 13.2 Å². The van der Waals surface area contributed by atoms with Crippen molar-refractivity contribution < 1.29 is 0 Å². The molecule has 2 aliphatic heterocycles. The predicted octanol–water partition coefficient (Wildman–Crippen LogP) is 0.502. The van der Waals surface area contributed by atoms with Crippen molar-refractivity contribution in [1.29, 1.82) is 0 Å². The standard InChI is InChI=1S/C7H8N4/c1-11-4-10-7-5(6(11)8)2-3-9-7/h2-4H,8H2,1H3. The maximum Gasteiger partial charge on any atom is 0.164 e. The zero-order chi connectivity index (χ0) is 7.84. The number of rotatable bonds is 0. The van der Waals surface area contributed by atoms with Gasteiger partial charge in [-0.3, -0.25) is 0 Å². The molecule has 0 bridgehead atoms. The molecule has 0 aromatic rings. The summed E-state index contributed by atoms with van der Waals surface area (Å²) in [6.45, 7) is 0. The molecule has 4 heteroatoms. The van der Waals surface area contributed by atoms with Gasteiger partial charge >= 0.3 is 0 Å². The predicted molar refractivity (Wildman–Crippen MR) is 42.0 cm³/mol. The second-order valence-corrected chi connectivity index (χ2v) is 2.42. The van der Waals surface area contributed by atoms with Gasteiger partial charge in [0.1, 0.15) is 5.82 Å². The van der Waals surface area contributed by atoms with E-state index in [0.717, 1.165) is 5.56 Å². The fraction of sp³-hybridized carbons (Fsp3) is 0.143. The number of aryl methyl sites for hydroxylation is 1. The van der Waals surface area contributed by atoms with Crippen molar-refractivity contribution in [2.45, 2.75) is 0 Å². The van der Waals surface area contributed by atoms with Crippen molar-refractivity contribution in [3.63, 3.8) is 0 Å². The number of nitrogens with two attached hydrogens (primary N) is 1. The lowest BCUT2D eigenvalue weighted by atomic mass is 10.3. The molecule has 0 saturated heterocycles. The number of anilines is 1. The molecule has 0 aliphatic carbocycles. The van der Waals surface area contributed by atoms with Gasteiger partial charge in [-0.2, -0.15) is 0 Å². The van der Waals surface area contributed by atoms with Gasteiger partial charge < -0.3 is 10.3 Å². The first-order valence-corrected chi connectivity index (χ1v) is 3.30. The molecule has 0 amide bonds. The third-order valence-electron chi connectivity index (χ3n) is 1.69. The van der Waals surface area contributed by atoms with Crippen LogP contribution in [0.25, 0.3) is 11.4 Å². The maximum absolute atomic E-state index is 5.75. The molecule has 0 unspecified atom stereocenters. The molecule has 2 rings (SSSR count). The van der Waals surface area contributed by atoms with E-state index < -0.39 is 0 Å². The van der Waals surface area contributed by atoms with E-state index in [1.165, 1.54) is 0 Å². The van der Waals surface area contributed by atoms with Crippen molar-refractivity contribution in [2.75, 3.05) is 5.73 Å². The molecule has 0 aromatic heterocycles. The molecular weight excluding hydrogens is 140 g/mol. The maximum atomic E-state index is 5.75. The van der Waals surface area contributed by atoms with Crippen LogP contribution in [0.5, 0.6) is 0 Å². The van der Waals surface area contributed by atoms with Gasteiger partial charge in [-0.1, -0.05) is 0 Å². The Morgan fingerprint density at radius 3 is 3.09 bits per heavy atom. The van der Waals surface area contributed by atoms with Gasteiger partial charge in [0.2, 0.25) is 0 Å². The van der Waals surface area contributed by atoms with Crippen molar-refractivity contribution in [1.82, 2.24) is 14.5 Å². The molecule has 2 heterocycles. The van der Waals surface area contributed by atoms with Crippen LogP contribution in [0, 0.1) is 0 Å². The first kappa shape index (κ1) is 6.15. The normalized spacial score (nSPS) is 10.6. The molecule has 0 spiro atoms. The third kappa shape index (κ3) is 0.756. The summed E-state index contributed by atoms with van der Waals surface area (Å²) in [5.74, 6) is 1.41. The average molecular weight is 148 g/mol. The summed E-state index contributed by atoms with van der Waals surface area (Å²) in [6, 6.07) is 1.86. The largest absolute Gasteiger partial charge is 0.384 e. The molecule has 0 atom stereocenters. The molecule has 11 heavy (non-hydrogen) atoms. The Labute approximate surface area is 64.0 Å². The zero-order valence-electron chi connectivity index (χ0n) is 6.15. The quantitative estimate of drug-likeness (QED) is 0.592. The number of hydrogen-bond acceptors (Lipinski definition) is 3. The highest BCUT2D eigenvalue weighted by atomic mass is 15.1. The Bertz CT molecular complexity index is 352. The van der Waals surface area contributed by atoms with Crippen LogP contribution < -0.4 is 5.73 Å². The third-order valence-corrected chi connectivity index (χ3v) is 1.69. The van der Waals surface area contributed by atoms with Gasteiger partial charge in [0.15, 0.2) is 5.82 Å². The van der Waals surface area contributed by atoms with Crippen molar-refractivity contribution in [2.24, 2.45) is 7.05 Å². The van der Waals surface area contributed by atoms with Gasteiger partial charge in [-0.05, 0) is 6.07 Å². The van der Waals surface area contributed by atoms with Crippen LogP contribution in [0.4, 0.5) is 5.82 Å². The molecule has 56 valence electrons. The number of nitrogens with zero attached hydrogens (tertiary/aromatic N) is 3. The van der Waals surface area contributed by atoms with Gasteiger partial charge in [-0.15, -0.1) is 0 Å². The summed E-state index contributed by atoms with van der Waals surface area (Å²) in [5.41, 5.74) is 6.66. The Kier molecular flexibility index (Phi) is 1.09. The Hall–Kier alpha value is -1.58. The van der Waals surface area contributed by atoms with E-state index in [0.29, 0.717) is 11.6 Å². The summed E-state index contributed by atoms with van der Waals surface area (Å²) in [4.78, 5) is 8.09. The summed E-state index contributed by atoms with van der Waals surface area (Å²) in [7, 11) is 1.86. The minimum absolute atomic E-state index is 0.701.